The molecular weight excluding hydrogens is 206 g/mol. The SMILES string of the molecule is Cc1cc(C)c(C)c(-c2ccc(C)c[n+]2C)c1. The summed E-state index contributed by atoms with van der Waals surface area (Å²) in [7, 11) is 2.11. The number of hydrogen-bond acceptors (Lipinski definition) is 0. The lowest BCUT2D eigenvalue weighted by Crippen LogP contribution is -2.31. The Kier molecular flexibility index (Phi) is 3.01. The van der Waals surface area contributed by atoms with Crippen LogP contribution in [0.15, 0.2) is 30.5 Å². The van der Waals surface area contributed by atoms with Crippen LogP contribution in [0.5, 0.6) is 0 Å². The second-order valence-electron chi connectivity index (χ2n) is 4.96. The van der Waals surface area contributed by atoms with Gasteiger partial charge in [-0.3, -0.25) is 0 Å². The molecule has 1 aromatic carbocycles. The van der Waals surface area contributed by atoms with Gasteiger partial charge in [-0.1, -0.05) is 11.6 Å². The smallest absolute Gasteiger partial charge is 0.201 e. The number of benzene rings is 1. The van der Waals surface area contributed by atoms with Crippen molar-refractivity contribution < 1.29 is 4.57 Å². The molecule has 0 amide bonds. The van der Waals surface area contributed by atoms with E-state index in [1.54, 1.807) is 0 Å². The van der Waals surface area contributed by atoms with Crippen molar-refractivity contribution in [1.82, 2.24) is 0 Å². The van der Waals surface area contributed by atoms with Crippen LogP contribution >= 0.6 is 0 Å². The Labute approximate surface area is 104 Å². The van der Waals surface area contributed by atoms with Crippen LogP contribution in [0.4, 0.5) is 0 Å². The van der Waals surface area contributed by atoms with Crippen molar-refractivity contribution in [3.05, 3.63) is 52.7 Å². The van der Waals surface area contributed by atoms with E-state index >= 15 is 0 Å². The highest BCUT2D eigenvalue weighted by atomic mass is 14.9. The van der Waals surface area contributed by atoms with Crippen molar-refractivity contribution in [1.29, 1.82) is 0 Å². The molecule has 2 aromatic rings. The van der Waals surface area contributed by atoms with Gasteiger partial charge in [0, 0.05) is 17.2 Å². The Morgan fingerprint density at radius 3 is 2.24 bits per heavy atom. The van der Waals surface area contributed by atoms with Gasteiger partial charge in [-0.2, -0.15) is 0 Å². The summed E-state index contributed by atoms with van der Waals surface area (Å²) < 4.78 is 2.20. The Balaban J connectivity index is 2.68. The average molecular weight is 226 g/mol. The second kappa shape index (κ2) is 4.33. The van der Waals surface area contributed by atoms with Gasteiger partial charge in [-0.15, -0.1) is 0 Å². The highest BCUT2D eigenvalue weighted by molar-refractivity contribution is 5.64. The Bertz CT molecular complexity index is 568. The minimum Gasteiger partial charge on any atom is -0.201 e. The lowest BCUT2D eigenvalue weighted by Gasteiger charge is -2.09. The normalized spacial score (nSPS) is 10.6. The van der Waals surface area contributed by atoms with Gasteiger partial charge < -0.3 is 0 Å². The first kappa shape index (κ1) is 11.8. The number of pyridine rings is 1. The molecule has 2 rings (SSSR count). The largest absolute Gasteiger partial charge is 0.212 e. The number of hydrogen-bond donors (Lipinski definition) is 0. The topological polar surface area (TPSA) is 3.88 Å². The maximum absolute atomic E-state index is 2.27. The van der Waals surface area contributed by atoms with Gasteiger partial charge in [-0.25, -0.2) is 4.57 Å². The van der Waals surface area contributed by atoms with Crippen LogP contribution in [0.1, 0.15) is 22.3 Å². The zero-order valence-electron chi connectivity index (χ0n) is 11.3. The van der Waals surface area contributed by atoms with Gasteiger partial charge in [0.1, 0.15) is 7.05 Å². The quantitative estimate of drug-likeness (QED) is 0.656. The molecule has 0 atom stereocenters. The molecule has 88 valence electrons. The third-order valence-corrected chi connectivity index (χ3v) is 3.37. The Morgan fingerprint density at radius 2 is 1.59 bits per heavy atom. The van der Waals surface area contributed by atoms with Crippen LogP contribution in [0, 0.1) is 27.7 Å². The van der Waals surface area contributed by atoms with Crippen molar-refractivity contribution in [3.63, 3.8) is 0 Å². The van der Waals surface area contributed by atoms with Gasteiger partial charge in [0.15, 0.2) is 6.20 Å². The van der Waals surface area contributed by atoms with Gasteiger partial charge in [0.05, 0.1) is 0 Å². The summed E-state index contributed by atoms with van der Waals surface area (Å²) in [5, 5.41) is 0. The van der Waals surface area contributed by atoms with Gasteiger partial charge in [0.2, 0.25) is 5.69 Å². The highest BCUT2D eigenvalue weighted by Gasteiger charge is 2.13. The molecule has 0 spiro atoms. The van der Waals surface area contributed by atoms with E-state index in [-0.39, 0.29) is 0 Å². The number of rotatable bonds is 1. The minimum absolute atomic E-state index is 1.28. The summed E-state index contributed by atoms with van der Waals surface area (Å²) in [5.41, 5.74) is 7.96. The molecule has 0 bridgehead atoms. The van der Waals surface area contributed by atoms with Crippen LogP contribution in [0.3, 0.4) is 0 Å². The molecule has 0 fully saturated rings. The van der Waals surface area contributed by atoms with Crippen LogP contribution in [-0.2, 0) is 7.05 Å². The first-order valence-electron chi connectivity index (χ1n) is 6.03. The molecule has 1 heteroatoms. The number of aryl methyl sites for hydroxylation is 4. The minimum atomic E-state index is 1.28. The van der Waals surface area contributed by atoms with Crippen molar-refractivity contribution in [2.45, 2.75) is 27.7 Å². The third kappa shape index (κ3) is 2.23. The summed E-state index contributed by atoms with van der Waals surface area (Å²) in [6.07, 6.45) is 2.17. The molecule has 0 aliphatic rings. The lowest BCUT2D eigenvalue weighted by molar-refractivity contribution is -0.660. The molecule has 0 aliphatic carbocycles. The van der Waals surface area contributed by atoms with E-state index in [4.69, 9.17) is 0 Å². The van der Waals surface area contributed by atoms with Crippen molar-refractivity contribution in [3.8, 4) is 11.3 Å². The molecule has 1 heterocycles. The molecule has 17 heavy (non-hydrogen) atoms. The fourth-order valence-corrected chi connectivity index (χ4v) is 2.33. The van der Waals surface area contributed by atoms with E-state index in [1.165, 1.54) is 33.5 Å². The summed E-state index contributed by atoms with van der Waals surface area (Å²) in [4.78, 5) is 0. The van der Waals surface area contributed by atoms with E-state index in [0.29, 0.717) is 0 Å². The first-order chi connectivity index (χ1) is 7.99. The van der Waals surface area contributed by atoms with Crippen LogP contribution < -0.4 is 4.57 Å². The van der Waals surface area contributed by atoms with Crippen molar-refractivity contribution in [2.75, 3.05) is 0 Å². The first-order valence-corrected chi connectivity index (χ1v) is 6.03. The summed E-state index contributed by atoms with van der Waals surface area (Å²) in [6.45, 7) is 8.66. The van der Waals surface area contributed by atoms with E-state index in [2.05, 4.69) is 69.8 Å². The van der Waals surface area contributed by atoms with E-state index < -0.39 is 0 Å². The highest BCUT2D eigenvalue weighted by Crippen LogP contribution is 2.24. The molecular formula is C16H20N+. The van der Waals surface area contributed by atoms with E-state index in [1.807, 2.05) is 0 Å². The second-order valence-corrected chi connectivity index (χ2v) is 4.96. The van der Waals surface area contributed by atoms with Crippen LogP contribution in [0.25, 0.3) is 11.3 Å². The zero-order chi connectivity index (χ0) is 12.6. The van der Waals surface area contributed by atoms with Gasteiger partial charge >= 0.3 is 0 Å². The zero-order valence-corrected chi connectivity index (χ0v) is 11.3. The van der Waals surface area contributed by atoms with Gasteiger partial charge in [-0.05, 0) is 51.0 Å². The van der Waals surface area contributed by atoms with Crippen molar-refractivity contribution >= 4 is 0 Å². The maximum Gasteiger partial charge on any atom is 0.212 e. The molecule has 1 nitrogen and oxygen atoms in total. The molecule has 0 saturated heterocycles. The van der Waals surface area contributed by atoms with Crippen LogP contribution in [-0.4, -0.2) is 0 Å². The Morgan fingerprint density at radius 1 is 0.882 bits per heavy atom. The average Bonchev–Trinajstić information content (AvgIpc) is 2.24. The number of aromatic nitrogens is 1. The third-order valence-electron chi connectivity index (χ3n) is 3.37. The van der Waals surface area contributed by atoms with Crippen LogP contribution in [0.2, 0.25) is 0 Å². The van der Waals surface area contributed by atoms with Gasteiger partial charge in [0.25, 0.3) is 0 Å². The summed E-state index contributed by atoms with van der Waals surface area (Å²) in [6, 6.07) is 8.89. The molecule has 0 aliphatic heterocycles. The van der Waals surface area contributed by atoms with Crippen molar-refractivity contribution in [2.24, 2.45) is 7.05 Å². The molecule has 0 radical (unpaired) electrons. The molecule has 0 unspecified atom stereocenters. The predicted octanol–water partition coefficient (Wildman–Crippen LogP) is 3.41. The fourth-order valence-electron chi connectivity index (χ4n) is 2.33. The monoisotopic (exact) mass is 226 g/mol. The summed E-state index contributed by atoms with van der Waals surface area (Å²) >= 11 is 0. The standard InChI is InChI=1S/C16H20N/c1-11-6-7-16(17(5)10-11)15-9-12(2)8-13(3)14(15)4/h6-10H,1-5H3/q+1. The van der Waals surface area contributed by atoms with E-state index in [9.17, 15) is 0 Å². The maximum atomic E-state index is 2.27. The molecule has 0 N–H and O–H groups in total. The predicted molar refractivity (Wildman–Crippen MR) is 72.0 cm³/mol. The lowest BCUT2D eigenvalue weighted by atomic mass is 9.97. The molecule has 1 aromatic heterocycles. The number of nitrogens with zero attached hydrogens (tertiary/aromatic N) is 1. The van der Waals surface area contributed by atoms with E-state index in [0.717, 1.165) is 0 Å². The molecule has 0 saturated carbocycles. The Hall–Kier alpha value is -1.63. The fraction of sp³-hybridized carbons (Fsp3) is 0.312. The summed E-state index contributed by atoms with van der Waals surface area (Å²) in [5.74, 6) is 0.